The number of benzene rings is 1. The van der Waals surface area contributed by atoms with Gasteiger partial charge in [-0.2, -0.15) is 0 Å². The Morgan fingerprint density at radius 3 is 2.82 bits per heavy atom. The van der Waals surface area contributed by atoms with Crippen LogP contribution in [0.3, 0.4) is 0 Å². The van der Waals surface area contributed by atoms with Gasteiger partial charge < -0.3 is 9.73 Å². The van der Waals surface area contributed by atoms with Crippen LogP contribution in [0.2, 0.25) is 0 Å². The number of carbonyl (C=O) groups is 3. The zero-order valence-corrected chi connectivity index (χ0v) is 18.5. The highest BCUT2D eigenvalue weighted by Crippen LogP contribution is 2.31. The van der Waals surface area contributed by atoms with Gasteiger partial charge in [-0.15, -0.1) is 0 Å². The van der Waals surface area contributed by atoms with Crippen LogP contribution in [0.25, 0.3) is 17.4 Å². The van der Waals surface area contributed by atoms with Crippen LogP contribution in [0.5, 0.6) is 0 Å². The van der Waals surface area contributed by atoms with Gasteiger partial charge in [-0.3, -0.25) is 24.3 Å². The van der Waals surface area contributed by atoms with Gasteiger partial charge in [0.05, 0.1) is 16.7 Å². The van der Waals surface area contributed by atoms with Gasteiger partial charge in [-0.25, -0.2) is 13.8 Å². The summed E-state index contributed by atoms with van der Waals surface area (Å²) < 4.78 is 32.4. The van der Waals surface area contributed by atoms with E-state index in [2.05, 4.69) is 15.3 Å². The highest BCUT2D eigenvalue weighted by Gasteiger charge is 2.34. The number of amides is 3. The molecule has 174 valence electrons. The highest BCUT2D eigenvalue weighted by atomic mass is 32.2. The molecule has 8 nitrogen and oxygen atoms in total. The number of nitrogens with one attached hydrogen (secondary N) is 1. The molecule has 0 bridgehead atoms. The van der Waals surface area contributed by atoms with Crippen molar-refractivity contribution in [3.05, 3.63) is 76.9 Å². The Labute approximate surface area is 197 Å². The number of oxazole rings is 1. The van der Waals surface area contributed by atoms with Gasteiger partial charge in [0.15, 0.2) is 11.7 Å². The van der Waals surface area contributed by atoms with Crippen LogP contribution < -0.4 is 5.32 Å². The van der Waals surface area contributed by atoms with Crippen molar-refractivity contribution >= 4 is 34.9 Å². The molecule has 3 amide bonds. The lowest BCUT2D eigenvalue weighted by Gasteiger charge is -2.12. The summed E-state index contributed by atoms with van der Waals surface area (Å²) in [6, 6.07) is 6.61. The van der Waals surface area contributed by atoms with Gasteiger partial charge in [-0.05, 0) is 41.6 Å². The minimum atomic E-state index is -0.775. The third-order valence-corrected chi connectivity index (χ3v) is 5.74. The second-order valence-corrected chi connectivity index (χ2v) is 8.21. The molecular formula is C23H18F2N4O4S. The third kappa shape index (κ3) is 5.54. The van der Waals surface area contributed by atoms with Crippen LogP contribution in [0.4, 0.5) is 13.6 Å². The number of aromatic nitrogens is 2. The zero-order chi connectivity index (χ0) is 24.1. The third-order valence-electron chi connectivity index (χ3n) is 4.83. The fraction of sp³-hybridized carbons (Fsp3) is 0.174. The molecule has 0 saturated carbocycles. The monoisotopic (exact) mass is 484 g/mol. The largest absolute Gasteiger partial charge is 0.441 e. The van der Waals surface area contributed by atoms with E-state index in [0.29, 0.717) is 10.5 Å². The highest BCUT2D eigenvalue weighted by molar-refractivity contribution is 8.18. The van der Waals surface area contributed by atoms with Crippen molar-refractivity contribution in [2.75, 3.05) is 13.1 Å². The number of hydrogen-bond donors (Lipinski definition) is 1. The summed E-state index contributed by atoms with van der Waals surface area (Å²) in [5.41, 5.74) is 0.775. The molecule has 1 fully saturated rings. The van der Waals surface area contributed by atoms with Crippen LogP contribution in [-0.4, -0.2) is 45.0 Å². The Morgan fingerprint density at radius 2 is 2.06 bits per heavy atom. The van der Waals surface area contributed by atoms with Crippen molar-refractivity contribution in [3.8, 4) is 11.3 Å². The average molecular weight is 484 g/mol. The zero-order valence-electron chi connectivity index (χ0n) is 17.7. The molecule has 1 aliphatic heterocycles. The Hall–Kier alpha value is -3.86. The molecule has 11 heteroatoms. The first kappa shape index (κ1) is 23.3. The van der Waals surface area contributed by atoms with Gasteiger partial charge in [0, 0.05) is 44.4 Å². The summed E-state index contributed by atoms with van der Waals surface area (Å²) in [4.78, 5) is 46.1. The molecule has 0 radical (unpaired) electrons. The maximum atomic E-state index is 13.9. The molecule has 1 aromatic carbocycles. The van der Waals surface area contributed by atoms with Crippen molar-refractivity contribution in [1.29, 1.82) is 0 Å². The number of nitrogens with zero attached hydrogens (tertiary/aromatic N) is 3. The number of pyridine rings is 1. The Bertz CT molecular complexity index is 1260. The quantitative estimate of drug-likeness (QED) is 0.485. The Morgan fingerprint density at radius 1 is 1.21 bits per heavy atom. The van der Waals surface area contributed by atoms with Crippen molar-refractivity contribution in [2.24, 2.45) is 0 Å². The second kappa shape index (κ2) is 10.4. The van der Waals surface area contributed by atoms with Crippen molar-refractivity contribution in [1.82, 2.24) is 20.2 Å². The predicted octanol–water partition coefficient (Wildman–Crippen LogP) is 3.80. The first-order chi connectivity index (χ1) is 16.4. The molecule has 0 spiro atoms. The SMILES string of the molecule is O=C(CCc1ncc(-c2ccc(F)cc2F)o1)NCCN1C(=O)S/C(=C\c2cccnc2)C1=O. The molecule has 0 aliphatic carbocycles. The molecule has 2 aromatic heterocycles. The van der Waals surface area contributed by atoms with Crippen LogP contribution in [0, 0.1) is 11.6 Å². The molecule has 1 aliphatic rings. The van der Waals surface area contributed by atoms with E-state index in [-0.39, 0.29) is 49.1 Å². The summed E-state index contributed by atoms with van der Waals surface area (Å²) in [5.74, 6) is -1.87. The smallest absolute Gasteiger partial charge is 0.293 e. The minimum absolute atomic E-state index is 0.0355. The number of rotatable bonds is 8. The fourth-order valence-corrected chi connectivity index (χ4v) is 4.03. The molecule has 34 heavy (non-hydrogen) atoms. The summed E-state index contributed by atoms with van der Waals surface area (Å²) in [5, 5.41) is 2.24. The summed E-state index contributed by atoms with van der Waals surface area (Å²) >= 11 is 0.835. The number of hydrogen-bond acceptors (Lipinski definition) is 7. The van der Waals surface area contributed by atoms with E-state index in [1.807, 2.05) is 0 Å². The molecule has 0 unspecified atom stereocenters. The molecule has 0 atom stereocenters. The molecule has 3 aromatic rings. The van der Waals surface area contributed by atoms with Gasteiger partial charge in [-0.1, -0.05) is 6.07 Å². The van der Waals surface area contributed by atoms with Crippen LogP contribution >= 0.6 is 11.8 Å². The molecular weight excluding hydrogens is 466 g/mol. The van der Waals surface area contributed by atoms with Crippen LogP contribution in [0.1, 0.15) is 17.9 Å². The first-order valence-corrected chi connectivity index (χ1v) is 11.0. The van der Waals surface area contributed by atoms with Gasteiger partial charge in [0.1, 0.15) is 11.6 Å². The van der Waals surface area contributed by atoms with Gasteiger partial charge in [0.2, 0.25) is 5.91 Å². The van der Waals surface area contributed by atoms with Crippen LogP contribution in [-0.2, 0) is 16.0 Å². The van der Waals surface area contributed by atoms with Crippen molar-refractivity contribution < 1.29 is 27.6 Å². The second-order valence-electron chi connectivity index (χ2n) is 7.21. The number of imide groups is 1. The number of carbonyl (C=O) groups excluding carboxylic acids is 3. The van der Waals surface area contributed by atoms with Crippen molar-refractivity contribution in [3.63, 3.8) is 0 Å². The van der Waals surface area contributed by atoms with Gasteiger partial charge in [0.25, 0.3) is 11.1 Å². The number of thioether (sulfide) groups is 1. The molecule has 1 N–H and O–H groups in total. The van der Waals surface area contributed by atoms with Crippen molar-refractivity contribution in [2.45, 2.75) is 12.8 Å². The van der Waals surface area contributed by atoms with E-state index < -0.39 is 22.8 Å². The summed E-state index contributed by atoms with van der Waals surface area (Å²) in [6.07, 6.45) is 6.29. The molecule has 4 rings (SSSR count). The van der Waals surface area contributed by atoms with E-state index in [9.17, 15) is 23.2 Å². The maximum absolute atomic E-state index is 13.9. The number of halogens is 2. The van der Waals surface area contributed by atoms with E-state index in [1.54, 1.807) is 30.6 Å². The lowest BCUT2D eigenvalue weighted by atomic mass is 10.2. The summed E-state index contributed by atoms with van der Waals surface area (Å²) in [6.45, 7) is 0.127. The normalized spacial score (nSPS) is 14.8. The standard InChI is InChI=1S/C23H18F2N4O4S/c24-15-3-4-16(17(25)11-15)18-13-28-21(33-18)6-5-20(30)27-8-9-29-22(31)19(34-23(29)32)10-14-2-1-7-26-12-14/h1-4,7,10-13H,5-6,8-9H2,(H,27,30)/b19-10-. The lowest BCUT2D eigenvalue weighted by Crippen LogP contribution is -2.37. The maximum Gasteiger partial charge on any atom is 0.293 e. The van der Waals surface area contributed by atoms with E-state index in [1.165, 1.54) is 12.3 Å². The van der Waals surface area contributed by atoms with Crippen LogP contribution in [0.15, 0.2) is 58.2 Å². The molecule has 3 heterocycles. The average Bonchev–Trinajstić information content (AvgIpc) is 3.38. The fourth-order valence-electron chi connectivity index (χ4n) is 3.16. The Balaban J connectivity index is 1.24. The topological polar surface area (TPSA) is 105 Å². The van der Waals surface area contributed by atoms with E-state index >= 15 is 0 Å². The van der Waals surface area contributed by atoms with E-state index in [0.717, 1.165) is 28.8 Å². The lowest BCUT2D eigenvalue weighted by molar-refractivity contribution is -0.124. The predicted molar refractivity (Wildman–Crippen MR) is 120 cm³/mol. The molecule has 1 saturated heterocycles. The van der Waals surface area contributed by atoms with E-state index in [4.69, 9.17) is 4.42 Å². The number of aryl methyl sites for hydroxylation is 1. The van der Waals surface area contributed by atoms with Gasteiger partial charge >= 0.3 is 0 Å². The minimum Gasteiger partial charge on any atom is -0.441 e. The first-order valence-electron chi connectivity index (χ1n) is 10.2. The Kier molecular flexibility index (Phi) is 7.12. The summed E-state index contributed by atoms with van der Waals surface area (Å²) in [7, 11) is 0.